The monoisotopic (exact) mass is 302 g/mol. The molecule has 3 N–H and O–H groups in total. The zero-order valence-corrected chi connectivity index (χ0v) is 13.9. The Hall–Kier alpha value is -1.35. The number of nitrogens with one attached hydrogen (secondary N) is 1. The fourth-order valence-electron chi connectivity index (χ4n) is 3.70. The third kappa shape index (κ3) is 3.89. The van der Waals surface area contributed by atoms with Gasteiger partial charge in [0, 0.05) is 6.54 Å². The van der Waals surface area contributed by atoms with Crippen molar-refractivity contribution in [1.82, 2.24) is 5.32 Å². The van der Waals surface area contributed by atoms with E-state index in [0.717, 1.165) is 64.5 Å². The molecule has 1 aromatic rings. The summed E-state index contributed by atoms with van der Waals surface area (Å²) in [4.78, 5) is 12.9. The number of hydrogen-bond acceptors (Lipinski definition) is 2. The molecule has 122 valence electrons. The maximum Gasteiger partial charge on any atom is 0.230 e. The number of amides is 1. The molecule has 1 aliphatic rings. The van der Waals surface area contributed by atoms with Gasteiger partial charge in [0.05, 0.1) is 5.41 Å². The third-order valence-corrected chi connectivity index (χ3v) is 4.97. The summed E-state index contributed by atoms with van der Waals surface area (Å²) >= 11 is 0. The Morgan fingerprint density at radius 1 is 1.14 bits per heavy atom. The third-order valence-electron chi connectivity index (χ3n) is 4.97. The van der Waals surface area contributed by atoms with Crippen LogP contribution in [0.2, 0.25) is 0 Å². The molecule has 0 aromatic heterocycles. The second kappa shape index (κ2) is 8.33. The quantitative estimate of drug-likeness (QED) is 0.723. The molecule has 0 radical (unpaired) electrons. The van der Waals surface area contributed by atoms with E-state index in [1.54, 1.807) is 0 Å². The highest BCUT2D eigenvalue weighted by molar-refractivity contribution is 5.89. The van der Waals surface area contributed by atoms with Crippen LogP contribution in [0.25, 0.3) is 0 Å². The van der Waals surface area contributed by atoms with Gasteiger partial charge in [0.15, 0.2) is 0 Å². The second-order valence-electron chi connectivity index (χ2n) is 6.56. The number of carbonyl (C=O) groups excluding carboxylic acids is 1. The first-order chi connectivity index (χ1) is 10.7. The summed E-state index contributed by atoms with van der Waals surface area (Å²) in [6, 6.07) is 8.37. The van der Waals surface area contributed by atoms with E-state index in [9.17, 15) is 4.79 Å². The molecule has 1 amide bonds. The lowest BCUT2D eigenvalue weighted by atomic mass is 9.76. The van der Waals surface area contributed by atoms with Crippen LogP contribution in [0.1, 0.15) is 62.5 Å². The number of hydrogen-bond donors (Lipinski definition) is 2. The number of rotatable bonds is 8. The smallest absolute Gasteiger partial charge is 0.230 e. The topological polar surface area (TPSA) is 55.1 Å². The summed E-state index contributed by atoms with van der Waals surface area (Å²) in [6.45, 7) is 3.68. The molecule has 3 nitrogen and oxygen atoms in total. The Labute approximate surface area is 134 Å². The number of unbranched alkanes of at least 4 members (excludes halogenated alkanes) is 3. The first-order valence-electron chi connectivity index (χ1n) is 8.75. The highest BCUT2D eigenvalue weighted by Gasteiger charge is 2.43. The van der Waals surface area contributed by atoms with Crippen molar-refractivity contribution in [1.29, 1.82) is 0 Å². The van der Waals surface area contributed by atoms with Crippen molar-refractivity contribution in [3.63, 3.8) is 0 Å². The van der Waals surface area contributed by atoms with E-state index in [4.69, 9.17) is 5.73 Å². The van der Waals surface area contributed by atoms with Gasteiger partial charge >= 0.3 is 0 Å². The van der Waals surface area contributed by atoms with Gasteiger partial charge in [-0.3, -0.25) is 4.79 Å². The Bertz CT molecular complexity index is 478. The van der Waals surface area contributed by atoms with Gasteiger partial charge < -0.3 is 11.1 Å². The molecule has 0 atom stereocenters. The minimum Gasteiger partial charge on any atom is -0.355 e. The molecule has 3 heteroatoms. The summed E-state index contributed by atoms with van der Waals surface area (Å²) < 4.78 is 0. The van der Waals surface area contributed by atoms with Crippen LogP contribution in [0.4, 0.5) is 0 Å². The lowest BCUT2D eigenvalue weighted by Gasteiger charge is -2.30. The Kier molecular flexibility index (Phi) is 6.44. The molecule has 0 aliphatic heterocycles. The average Bonchev–Trinajstić information content (AvgIpc) is 3.02. The largest absolute Gasteiger partial charge is 0.355 e. The maximum absolute atomic E-state index is 12.9. The van der Waals surface area contributed by atoms with Gasteiger partial charge in [-0.15, -0.1) is 0 Å². The highest BCUT2D eigenvalue weighted by atomic mass is 16.2. The summed E-state index contributed by atoms with van der Waals surface area (Å²) in [7, 11) is 0. The van der Waals surface area contributed by atoms with Crippen molar-refractivity contribution in [3.05, 3.63) is 35.4 Å². The fraction of sp³-hybridized carbons (Fsp3) is 0.632. The van der Waals surface area contributed by atoms with Crippen LogP contribution >= 0.6 is 0 Å². The zero-order valence-electron chi connectivity index (χ0n) is 13.9. The molecule has 0 heterocycles. The van der Waals surface area contributed by atoms with Crippen molar-refractivity contribution in [3.8, 4) is 0 Å². The Morgan fingerprint density at radius 3 is 2.50 bits per heavy atom. The summed E-state index contributed by atoms with van der Waals surface area (Å²) in [6.07, 6.45) is 8.71. The van der Waals surface area contributed by atoms with E-state index >= 15 is 0 Å². The lowest BCUT2D eigenvalue weighted by molar-refractivity contribution is -0.126. The first kappa shape index (κ1) is 17.0. The van der Waals surface area contributed by atoms with E-state index < -0.39 is 0 Å². The van der Waals surface area contributed by atoms with Crippen LogP contribution < -0.4 is 11.1 Å². The van der Waals surface area contributed by atoms with Gasteiger partial charge in [0.2, 0.25) is 5.91 Å². The van der Waals surface area contributed by atoms with Crippen molar-refractivity contribution in [2.24, 2.45) is 5.73 Å². The van der Waals surface area contributed by atoms with Gasteiger partial charge in [0.25, 0.3) is 0 Å². The number of benzene rings is 1. The van der Waals surface area contributed by atoms with Gasteiger partial charge in [-0.25, -0.2) is 0 Å². The van der Waals surface area contributed by atoms with Gasteiger partial charge in [-0.1, -0.05) is 49.9 Å². The molecule has 1 aromatic carbocycles. The molecule has 1 fully saturated rings. The molecule has 1 saturated carbocycles. The van der Waals surface area contributed by atoms with E-state index in [0.29, 0.717) is 0 Å². The van der Waals surface area contributed by atoms with Gasteiger partial charge in [-0.2, -0.15) is 0 Å². The predicted molar refractivity (Wildman–Crippen MR) is 91.9 cm³/mol. The highest BCUT2D eigenvalue weighted by Crippen LogP contribution is 2.42. The van der Waals surface area contributed by atoms with Crippen LogP contribution in [0.3, 0.4) is 0 Å². The second-order valence-corrected chi connectivity index (χ2v) is 6.56. The van der Waals surface area contributed by atoms with Crippen LogP contribution in [0.15, 0.2) is 24.3 Å². The molecule has 0 unspecified atom stereocenters. The minimum atomic E-state index is -0.289. The molecule has 22 heavy (non-hydrogen) atoms. The normalized spacial score (nSPS) is 16.6. The predicted octanol–water partition coefficient (Wildman–Crippen LogP) is 3.44. The molecule has 0 spiro atoms. The zero-order chi connectivity index (χ0) is 15.8. The van der Waals surface area contributed by atoms with Crippen molar-refractivity contribution >= 4 is 5.91 Å². The van der Waals surface area contributed by atoms with E-state index in [2.05, 4.69) is 36.5 Å². The lowest BCUT2D eigenvalue weighted by Crippen LogP contribution is -2.43. The molecule has 0 bridgehead atoms. The molecule has 2 rings (SSSR count). The van der Waals surface area contributed by atoms with Gasteiger partial charge in [-0.05, 0) is 50.3 Å². The van der Waals surface area contributed by atoms with Gasteiger partial charge in [0.1, 0.15) is 0 Å². The van der Waals surface area contributed by atoms with Crippen molar-refractivity contribution in [2.75, 3.05) is 13.1 Å². The number of carbonyl (C=O) groups is 1. The fourth-order valence-corrected chi connectivity index (χ4v) is 3.70. The van der Waals surface area contributed by atoms with Crippen LogP contribution in [0, 0.1) is 6.92 Å². The van der Waals surface area contributed by atoms with Crippen LogP contribution in [0.5, 0.6) is 0 Å². The van der Waals surface area contributed by atoms with Crippen molar-refractivity contribution < 1.29 is 4.79 Å². The number of aryl methyl sites for hydroxylation is 1. The summed E-state index contributed by atoms with van der Waals surface area (Å²) in [5.41, 5.74) is 7.68. The minimum absolute atomic E-state index is 0.234. The maximum atomic E-state index is 12.9. The molecular weight excluding hydrogens is 272 g/mol. The Morgan fingerprint density at radius 2 is 1.82 bits per heavy atom. The number of nitrogens with two attached hydrogens (primary N) is 1. The molecular formula is C19H30N2O. The molecule has 1 aliphatic carbocycles. The average molecular weight is 302 g/mol. The molecule has 0 saturated heterocycles. The van der Waals surface area contributed by atoms with Crippen LogP contribution in [-0.4, -0.2) is 19.0 Å². The summed E-state index contributed by atoms with van der Waals surface area (Å²) in [5.74, 6) is 0.234. The Balaban J connectivity index is 1.96. The SMILES string of the molecule is Cc1ccccc1C1(C(=O)NCCCCCCN)CCCC1. The van der Waals surface area contributed by atoms with E-state index in [-0.39, 0.29) is 11.3 Å². The summed E-state index contributed by atoms with van der Waals surface area (Å²) in [5, 5.41) is 3.20. The first-order valence-corrected chi connectivity index (χ1v) is 8.75. The van der Waals surface area contributed by atoms with Crippen LogP contribution in [-0.2, 0) is 10.2 Å². The van der Waals surface area contributed by atoms with E-state index in [1.165, 1.54) is 11.1 Å². The standard InChI is InChI=1S/C19H30N2O/c1-16-10-4-5-11-17(16)19(12-6-7-13-19)18(22)21-15-9-3-2-8-14-20/h4-5,10-11H,2-3,6-9,12-15,20H2,1H3,(H,21,22). The van der Waals surface area contributed by atoms with E-state index in [1.807, 2.05) is 0 Å². The van der Waals surface area contributed by atoms with Crippen molar-refractivity contribution in [2.45, 2.75) is 63.7 Å².